The van der Waals surface area contributed by atoms with Crippen LogP contribution >= 0.6 is 0 Å². The van der Waals surface area contributed by atoms with Gasteiger partial charge in [0.25, 0.3) is 11.8 Å². The number of para-hydroxylation sites is 3. The minimum absolute atomic E-state index is 0.0139. The number of fused-ring (bicyclic) bond motifs is 1. The first-order valence-electron chi connectivity index (χ1n) is 13.6. The fourth-order valence-electron chi connectivity index (χ4n) is 5.28. The van der Waals surface area contributed by atoms with E-state index in [4.69, 9.17) is 4.42 Å². The number of benzene rings is 5. The van der Waals surface area contributed by atoms with Gasteiger partial charge in [-0.05, 0) is 60.0 Å². The molecule has 6 aromatic rings. The Morgan fingerprint density at radius 3 is 1.74 bits per heavy atom. The molecule has 0 unspecified atom stereocenters. The molecule has 1 aromatic heterocycles. The zero-order valence-electron chi connectivity index (χ0n) is 22.5. The van der Waals surface area contributed by atoms with Crippen LogP contribution in [-0.4, -0.2) is 11.8 Å². The van der Waals surface area contributed by atoms with Crippen molar-refractivity contribution in [2.45, 2.75) is 0 Å². The van der Waals surface area contributed by atoms with Crippen LogP contribution in [0, 0.1) is 0 Å². The molecular weight excluding hydrogens is 522 g/mol. The topological polar surface area (TPSA) is 57.0 Å². The van der Waals surface area contributed by atoms with Crippen molar-refractivity contribution in [2.24, 2.45) is 0 Å². The van der Waals surface area contributed by atoms with Gasteiger partial charge in [0.2, 0.25) is 5.88 Å². The predicted octanol–water partition coefficient (Wildman–Crippen LogP) is 8.28. The molecule has 0 bridgehead atoms. The van der Waals surface area contributed by atoms with Crippen LogP contribution in [0.5, 0.6) is 0 Å². The summed E-state index contributed by atoms with van der Waals surface area (Å²) in [5.74, 6) is 0.0943. The van der Waals surface area contributed by atoms with Crippen LogP contribution < -0.4 is 14.9 Å². The first-order chi connectivity index (χ1) is 20.7. The molecule has 0 atom stereocenters. The van der Waals surface area contributed by atoms with Crippen LogP contribution in [0.15, 0.2) is 156 Å². The zero-order chi connectivity index (χ0) is 28.5. The van der Waals surface area contributed by atoms with Gasteiger partial charge in [0.05, 0.1) is 17.1 Å². The molecular formula is C36H25N3O3. The highest BCUT2D eigenvalue weighted by molar-refractivity contribution is 6.37. The molecule has 2 amide bonds. The van der Waals surface area contributed by atoms with Crippen molar-refractivity contribution in [3.63, 3.8) is 0 Å². The Bertz CT molecular complexity index is 1870. The van der Waals surface area contributed by atoms with Gasteiger partial charge >= 0.3 is 0 Å². The Balaban J connectivity index is 1.31. The lowest BCUT2D eigenvalue weighted by Crippen LogP contribution is -2.41. The van der Waals surface area contributed by atoms with Crippen LogP contribution in [0.4, 0.5) is 28.6 Å². The summed E-state index contributed by atoms with van der Waals surface area (Å²) in [5, 5.41) is 4.98. The molecule has 7 rings (SSSR count). The van der Waals surface area contributed by atoms with Crippen molar-refractivity contribution in [1.29, 1.82) is 0 Å². The lowest BCUT2D eigenvalue weighted by Gasteiger charge is -2.27. The summed E-state index contributed by atoms with van der Waals surface area (Å²) in [6, 6.07) is 46.2. The smallest absolute Gasteiger partial charge is 0.283 e. The fourth-order valence-corrected chi connectivity index (χ4v) is 5.28. The molecule has 1 saturated heterocycles. The number of hydrogen-bond acceptors (Lipinski definition) is 4. The Kier molecular flexibility index (Phi) is 6.33. The minimum Gasteiger partial charge on any atom is -0.440 e. The third kappa shape index (κ3) is 4.41. The standard InChI is InChI=1S/C36H25N3O3/c40-35-32(36(41)39(29-19-8-3-9-20-29)38(35)28-17-6-2-7-18-28)25-30-23-24-34(42-30)37(27-15-4-1-5-16-27)33-22-12-14-26-13-10-11-21-31(26)33/h1-25H. The van der Waals surface area contributed by atoms with E-state index in [1.165, 1.54) is 16.1 Å². The third-order valence-electron chi connectivity index (χ3n) is 7.19. The average Bonchev–Trinajstić information content (AvgIpc) is 3.61. The number of carbonyl (C=O) groups excluding carboxylic acids is 2. The number of anilines is 5. The molecule has 0 radical (unpaired) electrons. The maximum atomic E-state index is 13.8. The molecule has 0 N–H and O–H groups in total. The number of carbonyl (C=O) groups is 2. The number of amides is 2. The molecule has 6 heteroatoms. The van der Waals surface area contributed by atoms with Crippen LogP contribution in [0.1, 0.15) is 5.76 Å². The molecule has 1 aliphatic rings. The van der Waals surface area contributed by atoms with E-state index in [1.807, 2.05) is 95.9 Å². The number of nitrogens with zero attached hydrogens (tertiary/aromatic N) is 3. The molecule has 202 valence electrons. The van der Waals surface area contributed by atoms with Crippen molar-refractivity contribution in [3.8, 4) is 0 Å². The minimum atomic E-state index is -0.429. The second-order valence-corrected chi connectivity index (χ2v) is 9.81. The molecule has 1 fully saturated rings. The summed E-state index contributed by atoms with van der Waals surface area (Å²) in [6.45, 7) is 0. The highest BCUT2D eigenvalue weighted by atomic mass is 16.4. The van der Waals surface area contributed by atoms with Crippen LogP contribution in [0.3, 0.4) is 0 Å². The van der Waals surface area contributed by atoms with Crippen molar-refractivity contribution in [3.05, 3.63) is 157 Å². The molecule has 42 heavy (non-hydrogen) atoms. The van der Waals surface area contributed by atoms with Gasteiger partial charge in [-0.25, -0.2) is 10.0 Å². The van der Waals surface area contributed by atoms with Gasteiger partial charge in [0.1, 0.15) is 11.3 Å². The monoisotopic (exact) mass is 547 g/mol. The second kappa shape index (κ2) is 10.6. The van der Waals surface area contributed by atoms with E-state index >= 15 is 0 Å². The summed E-state index contributed by atoms with van der Waals surface area (Å²) in [5.41, 5.74) is 3.07. The average molecular weight is 548 g/mol. The highest BCUT2D eigenvalue weighted by Crippen LogP contribution is 2.40. The molecule has 0 saturated carbocycles. The van der Waals surface area contributed by atoms with E-state index in [9.17, 15) is 9.59 Å². The Morgan fingerprint density at radius 1 is 0.548 bits per heavy atom. The van der Waals surface area contributed by atoms with Crippen LogP contribution in [-0.2, 0) is 9.59 Å². The van der Waals surface area contributed by atoms with E-state index in [2.05, 4.69) is 24.3 Å². The van der Waals surface area contributed by atoms with E-state index in [0.29, 0.717) is 23.0 Å². The maximum Gasteiger partial charge on any atom is 0.283 e. The van der Waals surface area contributed by atoms with Gasteiger partial charge < -0.3 is 4.42 Å². The largest absolute Gasteiger partial charge is 0.440 e. The Labute approximate surface area is 242 Å². The summed E-state index contributed by atoms with van der Waals surface area (Å²) >= 11 is 0. The normalized spacial score (nSPS) is 13.2. The van der Waals surface area contributed by atoms with Crippen molar-refractivity contribution >= 4 is 57.3 Å². The van der Waals surface area contributed by atoms with E-state index < -0.39 is 11.8 Å². The SMILES string of the molecule is O=C1C(=Cc2ccc(N(c3ccccc3)c3cccc4ccccc34)o2)C(=O)N(c2ccccc2)N1c1ccccc1. The first-order valence-corrected chi connectivity index (χ1v) is 13.6. The third-order valence-corrected chi connectivity index (χ3v) is 7.19. The lowest BCUT2D eigenvalue weighted by atomic mass is 10.1. The molecule has 6 nitrogen and oxygen atoms in total. The predicted molar refractivity (Wildman–Crippen MR) is 167 cm³/mol. The van der Waals surface area contributed by atoms with Crippen LogP contribution in [0.2, 0.25) is 0 Å². The summed E-state index contributed by atoms with van der Waals surface area (Å²) < 4.78 is 6.35. The van der Waals surface area contributed by atoms with E-state index in [-0.39, 0.29) is 5.57 Å². The summed E-state index contributed by atoms with van der Waals surface area (Å²) in [7, 11) is 0. The van der Waals surface area contributed by atoms with Gasteiger partial charge in [-0.3, -0.25) is 14.5 Å². The number of furan rings is 1. The molecule has 0 spiro atoms. The zero-order valence-corrected chi connectivity index (χ0v) is 22.5. The molecule has 0 aliphatic carbocycles. The lowest BCUT2D eigenvalue weighted by molar-refractivity contribution is -0.116. The highest BCUT2D eigenvalue weighted by Gasteiger charge is 2.43. The maximum absolute atomic E-state index is 13.8. The van der Waals surface area contributed by atoms with Gasteiger partial charge in [-0.15, -0.1) is 0 Å². The first kappa shape index (κ1) is 25.1. The molecule has 1 aliphatic heterocycles. The van der Waals surface area contributed by atoms with Crippen molar-refractivity contribution in [1.82, 2.24) is 0 Å². The summed E-state index contributed by atoms with van der Waals surface area (Å²) in [4.78, 5) is 29.6. The quantitative estimate of drug-likeness (QED) is 0.156. The number of hydrazine groups is 1. The van der Waals surface area contributed by atoms with E-state index in [1.54, 1.807) is 30.3 Å². The van der Waals surface area contributed by atoms with Crippen molar-refractivity contribution in [2.75, 3.05) is 14.9 Å². The number of hydrogen-bond donors (Lipinski definition) is 0. The Morgan fingerprint density at radius 2 is 1.10 bits per heavy atom. The molecule has 5 aromatic carbocycles. The second-order valence-electron chi connectivity index (χ2n) is 9.81. The number of rotatable bonds is 6. The van der Waals surface area contributed by atoms with Gasteiger partial charge in [-0.2, -0.15) is 0 Å². The van der Waals surface area contributed by atoms with Crippen LogP contribution in [0.25, 0.3) is 16.8 Å². The van der Waals surface area contributed by atoms with E-state index in [0.717, 1.165) is 22.1 Å². The summed E-state index contributed by atoms with van der Waals surface area (Å²) in [6.07, 6.45) is 1.53. The Hall–Kier alpha value is -5.88. The fraction of sp³-hybridized carbons (Fsp3) is 0. The van der Waals surface area contributed by atoms with Gasteiger partial charge in [-0.1, -0.05) is 91.0 Å². The van der Waals surface area contributed by atoms with Gasteiger partial charge in [0, 0.05) is 17.1 Å². The van der Waals surface area contributed by atoms with Crippen molar-refractivity contribution < 1.29 is 14.0 Å². The van der Waals surface area contributed by atoms with Gasteiger partial charge in [0.15, 0.2) is 0 Å². The molecule has 2 heterocycles.